The molecule has 1 saturated heterocycles. The van der Waals surface area contributed by atoms with Gasteiger partial charge in [-0.25, -0.2) is 4.98 Å². The summed E-state index contributed by atoms with van der Waals surface area (Å²) in [4.78, 5) is 6.39. The fraction of sp³-hybridized carbons (Fsp3) is 0.636. The number of nitrogens with zero attached hydrogens (tertiary/aromatic N) is 3. The van der Waals surface area contributed by atoms with Gasteiger partial charge in [-0.15, -0.1) is 0 Å². The maximum absolute atomic E-state index is 9.45. The van der Waals surface area contributed by atoms with Crippen molar-refractivity contribution in [1.29, 1.82) is 5.41 Å². The summed E-state index contributed by atoms with van der Waals surface area (Å²) in [7, 11) is 0. The number of nitrogens with one attached hydrogen (secondary N) is 1. The number of hydrogen-bond acceptors (Lipinski definition) is 5. The normalized spacial score (nSPS) is 20.6. The molecule has 1 aromatic rings. The second-order valence-electron chi connectivity index (χ2n) is 4.21. The van der Waals surface area contributed by atoms with Crippen molar-refractivity contribution in [2.75, 3.05) is 24.6 Å². The predicted molar refractivity (Wildman–Crippen MR) is 62.2 cm³/mol. The largest absolute Gasteiger partial charge is 0.425 e. The van der Waals surface area contributed by atoms with Gasteiger partial charge in [0, 0.05) is 19.2 Å². The van der Waals surface area contributed by atoms with Gasteiger partial charge in [0.25, 0.3) is 0 Å². The van der Waals surface area contributed by atoms with Crippen molar-refractivity contribution in [3.63, 3.8) is 0 Å². The number of aromatic nitrogens is 2. The summed E-state index contributed by atoms with van der Waals surface area (Å²) in [6.07, 6.45) is 1.19. The highest BCUT2D eigenvalue weighted by Crippen LogP contribution is 2.15. The lowest BCUT2D eigenvalue weighted by molar-refractivity contribution is 0.0380. The Morgan fingerprint density at radius 2 is 2.41 bits per heavy atom. The zero-order valence-electron chi connectivity index (χ0n) is 10.2. The molecule has 17 heavy (non-hydrogen) atoms. The molecule has 1 unspecified atom stereocenters. The average Bonchev–Trinajstić information content (AvgIpc) is 2.35. The SMILES string of the molecule is CCC1CN(c2cc(=N)n(O)c(C)n2)CCO1. The van der Waals surface area contributed by atoms with E-state index in [0.717, 1.165) is 30.1 Å². The minimum atomic E-state index is 0.0482. The lowest BCUT2D eigenvalue weighted by Crippen LogP contribution is -2.43. The Morgan fingerprint density at radius 3 is 3.06 bits per heavy atom. The molecule has 2 N–H and O–H groups in total. The summed E-state index contributed by atoms with van der Waals surface area (Å²) in [5, 5.41) is 17.1. The van der Waals surface area contributed by atoms with E-state index in [9.17, 15) is 5.21 Å². The van der Waals surface area contributed by atoms with Crippen LogP contribution in [0.4, 0.5) is 5.82 Å². The van der Waals surface area contributed by atoms with E-state index in [2.05, 4.69) is 16.8 Å². The van der Waals surface area contributed by atoms with Crippen LogP contribution in [0, 0.1) is 12.3 Å². The summed E-state index contributed by atoms with van der Waals surface area (Å²) in [5.41, 5.74) is 0.0482. The number of morpholine rings is 1. The molecule has 6 nitrogen and oxygen atoms in total. The molecule has 0 spiro atoms. The molecule has 0 amide bonds. The van der Waals surface area contributed by atoms with Crippen molar-refractivity contribution < 1.29 is 9.94 Å². The molecular formula is C11H18N4O2. The molecule has 1 aliphatic rings. The van der Waals surface area contributed by atoms with Crippen LogP contribution < -0.4 is 10.4 Å². The van der Waals surface area contributed by atoms with Crippen molar-refractivity contribution >= 4 is 5.82 Å². The van der Waals surface area contributed by atoms with Crippen molar-refractivity contribution in [2.45, 2.75) is 26.4 Å². The molecule has 1 fully saturated rings. The highest BCUT2D eigenvalue weighted by Gasteiger charge is 2.20. The molecule has 2 heterocycles. The van der Waals surface area contributed by atoms with Crippen LogP contribution in [-0.2, 0) is 4.74 Å². The average molecular weight is 238 g/mol. The van der Waals surface area contributed by atoms with Crippen LogP contribution >= 0.6 is 0 Å². The van der Waals surface area contributed by atoms with Crippen LogP contribution in [0.5, 0.6) is 0 Å². The number of rotatable bonds is 2. The van der Waals surface area contributed by atoms with Gasteiger partial charge in [0.1, 0.15) is 11.6 Å². The summed E-state index contributed by atoms with van der Waals surface area (Å²) < 4.78 is 6.37. The molecule has 0 bridgehead atoms. The predicted octanol–water partition coefficient (Wildman–Crippen LogP) is 0.523. The number of hydrogen-bond donors (Lipinski definition) is 2. The molecule has 0 radical (unpaired) electrons. The van der Waals surface area contributed by atoms with E-state index in [4.69, 9.17) is 10.1 Å². The van der Waals surface area contributed by atoms with Crippen LogP contribution in [0.25, 0.3) is 0 Å². The molecule has 1 aromatic heterocycles. The molecule has 94 valence electrons. The summed E-state index contributed by atoms with van der Waals surface area (Å²) >= 11 is 0. The fourth-order valence-electron chi connectivity index (χ4n) is 1.94. The molecule has 2 rings (SSSR count). The molecule has 0 saturated carbocycles. The third kappa shape index (κ3) is 2.41. The topological polar surface area (TPSA) is 74.4 Å². The summed E-state index contributed by atoms with van der Waals surface area (Å²) in [6, 6.07) is 1.57. The first-order valence-electron chi connectivity index (χ1n) is 5.83. The first-order chi connectivity index (χ1) is 8.11. The maximum Gasteiger partial charge on any atom is 0.166 e. The molecule has 0 aromatic carbocycles. The second kappa shape index (κ2) is 4.75. The summed E-state index contributed by atoms with van der Waals surface area (Å²) in [5.74, 6) is 1.16. The zero-order valence-corrected chi connectivity index (χ0v) is 10.2. The van der Waals surface area contributed by atoms with Gasteiger partial charge in [-0.2, -0.15) is 4.73 Å². The van der Waals surface area contributed by atoms with Crippen LogP contribution in [0.2, 0.25) is 0 Å². The lowest BCUT2D eigenvalue weighted by atomic mass is 10.2. The van der Waals surface area contributed by atoms with E-state index >= 15 is 0 Å². The Bertz CT molecular complexity index is 457. The smallest absolute Gasteiger partial charge is 0.166 e. The molecule has 0 aliphatic carbocycles. The first kappa shape index (κ1) is 11.9. The van der Waals surface area contributed by atoms with Gasteiger partial charge in [0.2, 0.25) is 0 Å². The van der Waals surface area contributed by atoms with E-state index in [0.29, 0.717) is 12.4 Å². The summed E-state index contributed by atoms with van der Waals surface area (Å²) in [6.45, 7) is 6.02. The minimum absolute atomic E-state index is 0.0482. The highest BCUT2D eigenvalue weighted by molar-refractivity contribution is 5.37. The van der Waals surface area contributed by atoms with Crippen LogP contribution in [0.1, 0.15) is 19.2 Å². The Balaban J connectivity index is 2.25. The van der Waals surface area contributed by atoms with Crippen LogP contribution in [0.3, 0.4) is 0 Å². The first-order valence-corrected chi connectivity index (χ1v) is 5.83. The minimum Gasteiger partial charge on any atom is -0.425 e. The van der Waals surface area contributed by atoms with Crippen LogP contribution in [0.15, 0.2) is 6.07 Å². The van der Waals surface area contributed by atoms with Crippen molar-refractivity contribution in [3.8, 4) is 0 Å². The van der Waals surface area contributed by atoms with Gasteiger partial charge in [0.15, 0.2) is 5.49 Å². The fourth-order valence-corrected chi connectivity index (χ4v) is 1.94. The third-order valence-electron chi connectivity index (χ3n) is 2.99. The van der Waals surface area contributed by atoms with E-state index in [-0.39, 0.29) is 11.6 Å². The third-order valence-corrected chi connectivity index (χ3v) is 2.99. The second-order valence-corrected chi connectivity index (χ2v) is 4.21. The van der Waals surface area contributed by atoms with Gasteiger partial charge in [-0.1, -0.05) is 6.92 Å². The Kier molecular flexibility index (Phi) is 3.33. The number of anilines is 1. The van der Waals surface area contributed by atoms with Gasteiger partial charge < -0.3 is 14.8 Å². The zero-order chi connectivity index (χ0) is 12.4. The van der Waals surface area contributed by atoms with Gasteiger partial charge >= 0.3 is 0 Å². The molecule has 1 aliphatic heterocycles. The van der Waals surface area contributed by atoms with Crippen molar-refractivity contribution in [2.24, 2.45) is 0 Å². The number of ether oxygens (including phenoxy) is 1. The molecular weight excluding hydrogens is 220 g/mol. The standard InChI is InChI=1S/C11H18N4O2/c1-3-9-7-14(4-5-17-9)11-6-10(12)15(16)8(2)13-11/h6,9,12,16H,3-5,7H2,1-2H3. The van der Waals surface area contributed by atoms with Crippen LogP contribution in [-0.4, -0.2) is 40.7 Å². The number of aryl methyl sites for hydroxylation is 1. The lowest BCUT2D eigenvalue weighted by Gasteiger charge is -2.33. The monoisotopic (exact) mass is 238 g/mol. The molecule has 6 heteroatoms. The van der Waals surface area contributed by atoms with E-state index in [1.165, 1.54) is 0 Å². The Labute approximate surface area is 99.9 Å². The Morgan fingerprint density at radius 1 is 1.65 bits per heavy atom. The van der Waals surface area contributed by atoms with Gasteiger partial charge in [0.05, 0.1) is 12.7 Å². The van der Waals surface area contributed by atoms with Crippen molar-refractivity contribution in [1.82, 2.24) is 9.71 Å². The highest BCUT2D eigenvalue weighted by atomic mass is 16.5. The van der Waals surface area contributed by atoms with E-state index in [1.807, 2.05) is 0 Å². The maximum atomic E-state index is 9.45. The molecule has 1 atom stereocenters. The quantitative estimate of drug-likeness (QED) is 0.737. The van der Waals surface area contributed by atoms with Gasteiger partial charge in [-0.05, 0) is 13.3 Å². The van der Waals surface area contributed by atoms with Crippen molar-refractivity contribution in [3.05, 3.63) is 17.4 Å². The van der Waals surface area contributed by atoms with E-state index in [1.54, 1.807) is 13.0 Å². The van der Waals surface area contributed by atoms with Gasteiger partial charge in [-0.3, -0.25) is 5.41 Å². The Hall–Kier alpha value is -1.56. The van der Waals surface area contributed by atoms with E-state index < -0.39 is 0 Å².